The van der Waals surface area contributed by atoms with E-state index in [1.165, 1.54) is 4.90 Å². The molecule has 1 aliphatic rings. The smallest absolute Gasteiger partial charge is 0.0705 e. The summed E-state index contributed by atoms with van der Waals surface area (Å²) in [5, 5.41) is 1.71. The molecule has 1 heterocycles. The van der Waals surface area contributed by atoms with E-state index in [0.717, 1.165) is 5.69 Å². The van der Waals surface area contributed by atoms with Crippen molar-refractivity contribution in [1.82, 2.24) is 0 Å². The number of rotatable bonds is 0. The second kappa shape index (κ2) is 2.36. The lowest BCUT2D eigenvalue weighted by atomic mass is 10.3. The van der Waals surface area contributed by atoms with Crippen LogP contribution in [-0.2, 0) is 0 Å². The summed E-state index contributed by atoms with van der Waals surface area (Å²) in [6.07, 6.45) is 2.17. The van der Waals surface area contributed by atoms with E-state index in [9.17, 15) is 0 Å². The second-order valence-corrected chi connectivity index (χ2v) is 4.30. The van der Waals surface area contributed by atoms with Crippen molar-refractivity contribution in [2.24, 2.45) is 5.84 Å². The van der Waals surface area contributed by atoms with Crippen LogP contribution in [0, 0.1) is 0 Å². The Morgan fingerprint density at radius 1 is 1.36 bits per heavy atom. The first kappa shape index (κ1) is 6.88. The van der Waals surface area contributed by atoms with E-state index in [2.05, 4.69) is 18.4 Å². The summed E-state index contributed by atoms with van der Waals surface area (Å²) in [6.45, 7) is 0. The Morgan fingerprint density at radius 2 is 2.09 bits per heavy atom. The Morgan fingerprint density at radius 3 is 2.82 bits per heavy atom. The lowest BCUT2D eigenvalue weighted by Crippen LogP contribution is -2.26. The van der Waals surface area contributed by atoms with Gasteiger partial charge in [-0.15, -0.1) is 10.5 Å². The molecule has 0 saturated carbocycles. The van der Waals surface area contributed by atoms with Crippen molar-refractivity contribution in [3.05, 3.63) is 24.3 Å². The van der Waals surface area contributed by atoms with Crippen LogP contribution in [0.2, 0.25) is 0 Å². The Hall–Kier alpha value is -0.800. The van der Waals surface area contributed by atoms with Crippen LogP contribution < -0.4 is 10.9 Å². The maximum absolute atomic E-state index is 5.72. The number of benzene rings is 1. The van der Waals surface area contributed by atoms with Gasteiger partial charge in [0.05, 0.1) is 5.69 Å². The predicted molar refractivity (Wildman–Crippen MR) is 51.0 cm³/mol. The quantitative estimate of drug-likeness (QED) is 0.466. The summed E-state index contributed by atoms with van der Waals surface area (Å²) in [7, 11) is 0.198. The van der Waals surface area contributed by atoms with Gasteiger partial charge in [0.25, 0.3) is 0 Å². The molecule has 1 aliphatic heterocycles. The molecule has 0 spiro atoms. The number of nitrogens with zero attached hydrogens (tertiary/aromatic N) is 1. The summed E-state index contributed by atoms with van der Waals surface area (Å²) < 4.78 is 0. The van der Waals surface area contributed by atoms with Gasteiger partial charge in [0.1, 0.15) is 0 Å². The minimum atomic E-state index is 0.198. The molecule has 0 aliphatic carbocycles. The summed E-state index contributed by atoms with van der Waals surface area (Å²) >= 11 is 0. The number of nitrogens with two attached hydrogens (primary N) is 1. The molecule has 1 unspecified atom stereocenters. The number of para-hydroxylation sites is 1. The Kier molecular flexibility index (Phi) is 1.47. The average Bonchev–Trinajstić information content (AvgIpc) is 2.30. The van der Waals surface area contributed by atoms with Crippen molar-refractivity contribution < 1.29 is 0 Å². The monoisotopic (exact) mass is 166 g/mol. The van der Waals surface area contributed by atoms with Gasteiger partial charge in [-0.25, -0.2) is 5.84 Å². The third kappa shape index (κ3) is 0.968. The number of anilines is 1. The fourth-order valence-corrected chi connectivity index (χ4v) is 2.59. The van der Waals surface area contributed by atoms with Crippen LogP contribution in [0.1, 0.15) is 0 Å². The van der Waals surface area contributed by atoms with Gasteiger partial charge in [-0.3, -0.25) is 5.01 Å². The van der Waals surface area contributed by atoms with Crippen molar-refractivity contribution >= 4 is 21.7 Å². The standard InChI is InChI=1S/C8H10N2S/c1-11-6-10(9)7-4-2-3-5-8(7)11/h2-6H,9H2,1H3. The van der Waals surface area contributed by atoms with E-state index in [-0.39, 0.29) is 10.5 Å². The minimum Gasteiger partial charge on any atom is -0.280 e. The number of fused-ring (bicyclic) bond motifs is 1. The molecule has 0 radical (unpaired) electrons. The predicted octanol–water partition coefficient (Wildman–Crippen LogP) is 1.40. The maximum Gasteiger partial charge on any atom is 0.0705 e. The minimum absolute atomic E-state index is 0.198. The van der Waals surface area contributed by atoms with E-state index < -0.39 is 0 Å². The van der Waals surface area contributed by atoms with Gasteiger partial charge < -0.3 is 0 Å². The zero-order chi connectivity index (χ0) is 7.84. The zero-order valence-electron chi connectivity index (χ0n) is 6.32. The molecule has 58 valence electrons. The third-order valence-corrected chi connectivity index (χ3v) is 3.34. The highest BCUT2D eigenvalue weighted by Crippen LogP contribution is 2.36. The molecule has 11 heavy (non-hydrogen) atoms. The van der Waals surface area contributed by atoms with Crippen molar-refractivity contribution in [2.45, 2.75) is 4.90 Å². The van der Waals surface area contributed by atoms with Crippen molar-refractivity contribution in [1.29, 1.82) is 0 Å². The molecule has 0 bridgehead atoms. The van der Waals surface area contributed by atoms with Crippen LogP contribution in [0.3, 0.4) is 0 Å². The first-order valence-electron chi connectivity index (χ1n) is 3.42. The van der Waals surface area contributed by atoms with E-state index in [1.54, 1.807) is 5.01 Å². The molecular formula is C8H10N2S. The molecular weight excluding hydrogens is 156 g/mol. The second-order valence-electron chi connectivity index (χ2n) is 2.54. The van der Waals surface area contributed by atoms with Crippen molar-refractivity contribution in [3.63, 3.8) is 0 Å². The van der Waals surface area contributed by atoms with Crippen LogP contribution in [-0.4, -0.2) is 11.7 Å². The van der Waals surface area contributed by atoms with Gasteiger partial charge in [-0.05, 0) is 18.4 Å². The average molecular weight is 166 g/mol. The van der Waals surface area contributed by atoms with Gasteiger partial charge in [-0.2, -0.15) is 0 Å². The third-order valence-electron chi connectivity index (χ3n) is 1.76. The summed E-state index contributed by atoms with van der Waals surface area (Å²) in [6, 6.07) is 8.23. The highest BCUT2D eigenvalue weighted by atomic mass is 32.2. The number of hydrogen-bond donors (Lipinski definition) is 1. The molecule has 3 heteroatoms. The molecule has 2 rings (SSSR count). The molecule has 1 aromatic rings. The lowest BCUT2D eigenvalue weighted by molar-refractivity contribution is 1.15. The van der Waals surface area contributed by atoms with Gasteiger partial charge >= 0.3 is 0 Å². The first-order valence-corrected chi connectivity index (χ1v) is 5.11. The number of hydrogen-bond acceptors (Lipinski definition) is 2. The van der Waals surface area contributed by atoms with Crippen molar-refractivity contribution in [2.75, 3.05) is 11.3 Å². The number of hydrazine groups is 1. The molecule has 1 atom stereocenters. The van der Waals surface area contributed by atoms with E-state index >= 15 is 0 Å². The van der Waals surface area contributed by atoms with Gasteiger partial charge in [0.2, 0.25) is 0 Å². The SMILES string of the molecule is CS1=CN(N)c2ccccc21. The van der Waals surface area contributed by atoms with Crippen LogP contribution in [0.25, 0.3) is 0 Å². The van der Waals surface area contributed by atoms with E-state index in [0.29, 0.717) is 0 Å². The normalized spacial score (nSPS) is 21.3. The topological polar surface area (TPSA) is 29.3 Å². The van der Waals surface area contributed by atoms with Crippen LogP contribution >= 0.6 is 10.5 Å². The van der Waals surface area contributed by atoms with E-state index in [1.807, 2.05) is 17.6 Å². The fourth-order valence-electron chi connectivity index (χ4n) is 1.23. The Bertz CT molecular complexity index is 320. The summed E-state index contributed by atoms with van der Waals surface area (Å²) in [5.74, 6) is 5.72. The molecule has 1 aromatic carbocycles. The maximum atomic E-state index is 5.72. The fraction of sp³-hybridized carbons (Fsp3) is 0.125. The summed E-state index contributed by atoms with van der Waals surface area (Å²) in [5.41, 5.74) is 3.18. The molecule has 0 saturated heterocycles. The molecule has 2 N–H and O–H groups in total. The van der Waals surface area contributed by atoms with Gasteiger partial charge in [-0.1, -0.05) is 12.1 Å². The zero-order valence-corrected chi connectivity index (χ0v) is 7.14. The van der Waals surface area contributed by atoms with Gasteiger partial charge in [0, 0.05) is 10.4 Å². The summed E-state index contributed by atoms with van der Waals surface area (Å²) in [4.78, 5) is 1.34. The van der Waals surface area contributed by atoms with Crippen LogP contribution in [0.5, 0.6) is 0 Å². The molecule has 0 amide bonds. The van der Waals surface area contributed by atoms with Crippen LogP contribution in [0.4, 0.5) is 5.69 Å². The molecule has 0 aromatic heterocycles. The van der Waals surface area contributed by atoms with E-state index in [4.69, 9.17) is 5.84 Å². The van der Waals surface area contributed by atoms with Crippen LogP contribution in [0.15, 0.2) is 29.2 Å². The molecule has 0 fully saturated rings. The molecule has 2 nitrogen and oxygen atoms in total. The highest BCUT2D eigenvalue weighted by Gasteiger charge is 2.12. The van der Waals surface area contributed by atoms with Crippen molar-refractivity contribution in [3.8, 4) is 0 Å². The Labute approximate surface area is 68.5 Å². The highest BCUT2D eigenvalue weighted by molar-refractivity contribution is 8.15. The van der Waals surface area contributed by atoms with Gasteiger partial charge in [0.15, 0.2) is 0 Å². The first-order chi connectivity index (χ1) is 5.29. The Balaban J connectivity index is 2.62. The largest absolute Gasteiger partial charge is 0.280 e. The lowest BCUT2D eigenvalue weighted by Gasteiger charge is -2.07.